The predicted octanol–water partition coefficient (Wildman–Crippen LogP) is 4.36. The van der Waals surface area contributed by atoms with Crippen LogP contribution < -0.4 is 0 Å². The highest BCUT2D eigenvalue weighted by atomic mass is 28.3. The first-order chi connectivity index (χ1) is 7.49. The van der Waals surface area contributed by atoms with Crippen LogP contribution in [0, 0.1) is 11.5 Å². The van der Waals surface area contributed by atoms with Gasteiger partial charge in [-0.15, -0.1) is 11.5 Å². The lowest BCUT2D eigenvalue weighted by atomic mass is 10.1. The predicted molar refractivity (Wildman–Crippen MR) is 75.8 cm³/mol. The van der Waals surface area contributed by atoms with Gasteiger partial charge >= 0.3 is 0 Å². The van der Waals surface area contributed by atoms with Crippen LogP contribution in [-0.2, 0) is 0 Å². The van der Waals surface area contributed by atoms with Crippen LogP contribution in [0.2, 0.25) is 19.6 Å². The Hall–Kier alpha value is -1.26. The number of rotatable bonds is 2. The Bertz CT molecular complexity index is 410. The van der Waals surface area contributed by atoms with Crippen LogP contribution in [0.4, 0.5) is 0 Å². The molecule has 0 radical (unpaired) electrons. The smallest absolute Gasteiger partial charge is 0.129 e. The monoisotopic (exact) mass is 228 g/mol. The van der Waals surface area contributed by atoms with E-state index in [1.165, 1.54) is 11.1 Å². The number of allylic oxidation sites excluding steroid dienone is 2. The van der Waals surface area contributed by atoms with Crippen molar-refractivity contribution in [2.75, 3.05) is 0 Å². The molecule has 1 aromatic rings. The lowest BCUT2D eigenvalue weighted by Crippen LogP contribution is -2.16. The molecule has 0 unspecified atom stereocenters. The van der Waals surface area contributed by atoms with E-state index in [9.17, 15) is 0 Å². The van der Waals surface area contributed by atoms with E-state index in [0.29, 0.717) is 0 Å². The van der Waals surface area contributed by atoms with Crippen LogP contribution in [0.25, 0.3) is 5.57 Å². The fourth-order valence-corrected chi connectivity index (χ4v) is 1.97. The fraction of sp³-hybridized carbons (Fsp3) is 0.333. The van der Waals surface area contributed by atoms with Gasteiger partial charge in [0.1, 0.15) is 8.07 Å². The standard InChI is InChI=1S/C15H20Si/c1-14(15-11-6-5-7-12-15)10-8-9-13-16(2,3)4/h5-7,10-12H,8H2,1-4H3/b14-10+. The summed E-state index contributed by atoms with van der Waals surface area (Å²) in [7, 11) is -1.20. The minimum atomic E-state index is -1.20. The van der Waals surface area contributed by atoms with Gasteiger partial charge < -0.3 is 0 Å². The summed E-state index contributed by atoms with van der Waals surface area (Å²) in [4.78, 5) is 0. The van der Waals surface area contributed by atoms with Crippen molar-refractivity contribution in [3.8, 4) is 11.5 Å². The fourth-order valence-electron chi connectivity index (χ4n) is 1.34. The summed E-state index contributed by atoms with van der Waals surface area (Å²) in [6.45, 7) is 8.96. The van der Waals surface area contributed by atoms with Gasteiger partial charge in [-0.05, 0) is 18.1 Å². The highest BCUT2D eigenvalue weighted by Crippen LogP contribution is 2.12. The first kappa shape index (κ1) is 12.8. The molecular formula is C15H20Si. The van der Waals surface area contributed by atoms with Crippen molar-refractivity contribution in [1.29, 1.82) is 0 Å². The molecule has 0 amide bonds. The van der Waals surface area contributed by atoms with Crippen molar-refractivity contribution >= 4 is 13.6 Å². The van der Waals surface area contributed by atoms with E-state index >= 15 is 0 Å². The highest BCUT2D eigenvalue weighted by Gasteiger charge is 2.06. The van der Waals surface area contributed by atoms with Gasteiger partial charge in [0.2, 0.25) is 0 Å². The minimum Gasteiger partial charge on any atom is -0.132 e. The number of benzene rings is 1. The topological polar surface area (TPSA) is 0 Å². The molecule has 0 saturated heterocycles. The summed E-state index contributed by atoms with van der Waals surface area (Å²) in [5.41, 5.74) is 5.97. The van der Waals surface area contributed by atoms with Crippen LogP contribution in [0.15, 0.2) is 36.4 Å². The SMILES string of the molecule is C/C(=C\CC#C[Si](C)(C)C)c1ccccc1. The molecule has 0 N–H and O–H groups in total. The number of hydrogen-bond acceptors (Lipinski definition) is 0. The lowest BCUT2D eigenvalue weighted by molar-refractivity contribution is 1.44. The zero-order valence-electron chi connectivity index (χ0n) is 10.7. The molecule has 0 bridgehead atoms. The Balaban J connectivity index is 2.62. The first-order valence-corrected chi connectivity index (χ1v) is 9.21. The molecule has 0 atom stereocenters. The zero-order chi connectivity index (χ0) is 12.0. The van der Waals surface area contributed by atoms with Crippen LogP contribution in [0.1, 0.15) is 18.9 Å². The molecule has 0 aromatic heterocycles. The summed E-state index contributed by atoms with van der Waals surface area (Å²) in [6.07, 6.45) is 3.08. The Labute approximate surface area is 100 Å². The van der Waals surface area contributed by atoms with Gasteiger partial charge in [-0.1, -0.05) is 56.0 Å². The summed E-state index contributed by atoms with van der Waals surface area (Å²) in [6, 6.07) is 10.5. The summed E-state index contributed by atoms with van der Waals surface area (Å²) >= 11 is 0. The average molecular weight is 228 g/mol. The molecule has 0 nitrogen and oxygen atoms in total. The second-order valence-corrected chi connectivity index (χ2v) is 9.76. The Morgan fingerprint density at radius 3 is 2.38 bits per heavy atom. The summed E-state index contributed by atoms with van der Waals surface area (Å²) in [5.74, 6) is 3.26. The maximum absolute atomic E-state index is 3.37. The maximum atomic E-state index is 3.37. The van der Waals surface area contributed by atoms with E-state index < -0.39 is 8.07 Å². The third-order valence-electron chi connectivity index (χ3n) is 2.20. The van der Waals surface area contributed by atoms with E-state index in [1.807, 2.05) is 6.07 Å². The van der Waals surface area contributed by atoms with E-state index in [1.54, 1.807) is 0 Å². The molecule has 0 heterocycles. The van der Waals surface area contributed by atoms with Gasteiger partial charge in [0.25, 0.3) is 0 Å². The van der Waals surface area contributed by atoms with Crippen molar-refractivity contribution in [2.45, 2.75) is 33.0 Å². The van der Waals surface area contributed by atoms with E-state index in [-0.39, 0.29) is 0 Å². The van der Waals surface area contributed by atoms with Crippen LogP contribution in [0.5, 0.6) is 0 Å². The van der Waals surface area contributed by atoms with Crippen LogP contribution in [0.3, 0.4) is 0 Å². The van der Waals surface area contributed by atoms with Gasteiger partial charge in [-0.2, -0.15) is 0 Å². The number of hydrogen-bond donors (Lipinski definition) is 0. The third kappa shape index (κ3) is 5.00. The molecule has 84 valence electrons. The van der Waals surface area contributed by atoms with Gasteiger partial charge in [0.15, 0.2) is 0 Å². The molecule has 0 aliphatic carbocycles. The zero-order valence-corrected chi connectivity index (χ0v) is 11.7. The normalized spacial score (nSPS) is 11.9. The average Bonchev–Trinajstić information content (AvgIpc) is 2.24. The molecule has 0 fully saturated rings. The third-order valence-corrected chi connectivity index (χ3v) is 3.13. The highest BCUT2D eigenvalue weighted by molar-refractivity contribution is 6.83. The Morgan fingerprint density at radius 1 is 1.19 bits per heavy atom. The van der Waals surface area contributed by atoms with Crippen LogP contribution in [-0.4, -0.2) is 8.07 Å². The van der Waals surface area contributed by atoms with E-state index in [4.69, 9.17) is 0 Å². The molecular weight excluding hydrogens is 208 g/mol. The molecule has 1 heteroatoms. The largest absolute Gasteiger partial charge is 0.132 e. The molecule has 1 aromatic carbocycles. The Kier molecular flexibility index (Phi) is 4.58. The van der Waals surface area contributed by atoms with Gasteiger partial charge in [0.05, 0.1) is 0 Å². The Morgan fingerprint density at radius 2 is 1.81 bits per heavy atom. The van der Waals surface area contributed by atoms with Gasteiger partial charge in [-0.3, -0.25) is 0 Å². The van der Waals surface area contributed by atoms with Crippen molar-refractivity contribution in [1.82, 2.24) is 0 Å². The van der Waals surface area contributed by atoms with Crippen LogP contribution >= 0.6 is 0 Å². The molecule has 0 spiro atoms. The second kappa shape index (κ2) is 5.72. The quantitative estimate of drug-likeness (QED) is 0.521. The van der Waals surface area contributed by atoms with Crippen molar-refractivity contribution in [3.05, 3.63) is 42.0 Å². The van der Waals surface area contributed by atoms with Crippen molar-refractivity contribution < 1.29 is 0 Å². The first-order valence-electron chi connectivity index (χ1n) is 5.71. The van der Waals surface area contributed by atoms with E-state index in [0.717, 1.165) is 6.42 Å². The van der Waals surface area contributed by atoms with Gasteiger partial charge in [0, 0.05) is 6.42 Å². The molecule has 1 rings (SSSR count). The molecule has 0 saturated carbocycles. The van der Waals surface area contributed by atoms with E-state index in [2.05, 4.69) is 68.4 Å². The minimum absolute atomic E-state index is 0.866. The second-order valence-electron chi connectivity index (χ2n) is 5.01. The summed E-state index contributed by atoms with van der Waals surface area (Å²) in [5, 5.41) is 0. The molecule has 16 heavy (non-hydrogen) atoms. The van der Waals surface area contributed by atoms with Crippen molar-refractivity contribution in [2.24, 2.45) is 0 Å². The maximum Gasteiger partial charge on any atom is 0.129 e. The summed E-state index contributed by atoms with van der Waals surface area (Å²) < 4.78 is 0. The molecule has 0 aliphatic heterocycles. The molecule has 0 aliphatic rings. The van der Waals surface area contributed by atoms with Crippen molar-refractivity contribution in [3.63, 3.8) is 0 Å². The lowest BCUT2D eigenvalue weighted by Gasteiger charge is -2.03. The van der Waals surface area contributed by atoms with Gasteiger partial charge in [-0.25, -0.2) is 0 Å².